The first-order valence-corrected chi connectivity index (χ1v) is 10.2. The van der Waals surface area contributed by atoms with Gasteiger partial charge in [0.1, 0.15) is 17.9 Å². The van der Waals surface area contributed by atoms with Crippen molar-refractivity contribution in [1.29, 1.82) is 0 Å². The topological polar surface area (TPSA) is 91.1 Å². The number of nitrogens with zero attached hydrogens (tertiary/aromatic N) is 2. The minimum absolute atomic E-state index is 0.0444. The SMILES string of the molecule is CCc1ccc2oc(-c3ccc(C)c(N4COCC(C(=O)OC)=C4C(=O)OC)c3)nc2c1. The number of oxazole rings is 1. The van der Waals surface area contributed by atoms with E-state index in [1.165, 1.54) is 19.8 Å². The molecule has 0 amide bonds. The molecule has 0 unspecified atom stereocenters. The van der Waals surface area contributed by atoms with Gasteiger partial charge in [-0.05, 0) is 48.7 Å². The smallest absolute Gasteiger partial charge is 0.355 e. The summed E-state index contributed by atoms with van der Waals surface area (Å²) in [5.41, 5.74) is 5.12. The Hall–Kier alpha value is -3.65. The van der Waals surface area contributed by atoms with Gasteiger partial charge in [0.15, 0.2) is 5.58 Å². The highest BCUT2D eigenvalue weighted by atomic mass is 16.5. The molecule has 0 spiro atoms. The summed E-state index contributed by atoms with van der Waals surface area (Å²) in [5, 5.41) is 0. The average Bonchev–Trinajstić information content (AvgIpc) is 3.26. The van der Waals surface area contributed by atoms with E-state index in [1.807, 2.05) is 43.3 Å². The lowest BCUT2D eigenvalue weighted by Gasteiger charge is -2.32. The summed E-state index contributed by atoms with van der Waals surface area (Å²) in [4.78, 5) is 31.1. The first kappa shape index (κ1) is 21.6. The van der Waals surface area contributed by atoms with Crippen molar-refractivity contribution in [3.63, 3.8) is 0 Å². The number of aromatic nitrogens is 1. The first-order valence-electron chi connectivity index (χ1n) is 10.2. The summed E-state index contributed by atoms with van der Waals surface area (Å²) >= 11 is 0. The second-order valence-electron chi connectivity index (χ2n) is 7.39. The summed E-state index contributed by atoms with van der Waals surface area (Å²) in [6.45, 7) is 4.02. The van der Waals surface area contributed by atoms with Gasteiger partial charge in [-0.3, -0.25) is 0 Å². The van der Waals surface area contributed by atoms with Crippen molar-refractivity contribution in [2.45, 2.75) is 20.3 Å². The molecular formula is C24H24N2O6. The molecular weight excluding hydrogens is 412 g/mol. The van der Waals surface area contributed by atoms with Gasteiger partial charge >= 0.3 is 11.9 Å². The van der Waals surface area contributed by atoms with Gasteiger partial charge < -0.3 is 23.5 Å². The second kappa shape index (κ2) is 8.84. The van der Waals surface area contributed by atoms with Gasteiger partial charge in [-0.25, -0.2) is 14.6 Å². The molecule has 0 saturated heterocycles. The minimum atomic E-state index is -0.646. The molecule has 8 heteroatoms. The molecule has 1 aliphatic heterocycles. The fraction of sp³-hybridized carbons (Fsp3) is 0.292. The third-order valence-electron chi connectivity index (χ3n) is 5.44. The molecule has 0 N–H and O–H groups in total. The monoisotopic (exact) mass is 436 g/mol. The molecule has 0 bridgehead atoms. The summed E-state index contributed by atoms with van der Waals surface area (Å²) in [6.07, 6.45) is 0.910. The van der Waals surface area contributed by atoms with Crippen molar-refractivity contribution in [2.75, 3.05) is 32.5 Å². The van der Waals surface area contributed by atoms with Crippen LogP contribution >= 0.6 is 0 Å². The number of rotatable bonds is 5. The fourth-order valence-electron chi connectivity index (χ4n) is 3.68. The van der Waals surface area contributed by atoms with E-state index in [1.54, 1.807) is 4.90 Å². The van der Waals surface area contributed by atoms with Crippen LogP contribution in [0.1, 0.15) is 18.1 Å². The van der Waals surface area contributed by atoms with Crippen LogP contribution in [0.4, 0.5) is 5.69 Å². The zero-order chi connectivity index (χ0) is 22.8. The summed E-state index contributed by atoms with van der Waals surface area (Å²) in [6, 6.07) is 11.6. The maximum absolute atomic E-state index is 12.6. The Kier molecular flexibility index (Phi) is 5.96. The molecule has 1 aromatic heterocycles. The molecule has 2 aromatic carbocycles. The van der Waals surface area contributed by atoms with E-state index in [-0.39, 0.29) is 24.6 Å². The van der Waals surface area contributed by atoms with Crippen molar-refractivity contribution >= 4 is 28.7 Å². The Labute approximate surface area is 185 Å². The predicted octanol–water partition coefficient (Wildman–Crippen LogP) is 3.76. The van der Waals surface area contributed by atoms with Crippen LogP contribution in [0.15, 0.2) is 52.1 Å². The van der Waals surface area contributed by atoms with E-state index in [0.29, 0.717) is 17.2 Å². The number of hydrogen-bond acceptors (Lipinski definition) is 8. The van der Waals surface area contributed by atoms with Crippen LogP contribution in [0.2, 0.25) is 0 Å². The minimum Gasteiger partial charge on any atom is -0.466 e. The Balaban J connectivity index is 1.81. The van der Waals surface area contributed by atoms with Crippen molar-refractivity contribution in [3.05, 3.63) is 58.8 Å². The van der Waals surface area contributed by atoms with Crippen molar-refractivity contribution < 1.29 is 28.2 Å². The molecule has 32 heavy (non-hydrogen) atoms. The maximum atomic E-state index is 12.6. The number of carbonyl (C=O) groups excluding carboxylic acids is 2. The van der Waals surface area contributed by atoms with Gasteiger partial charge in [0.2, 0.25) is 5.89 Å². The van der Waals surface area contributed by atoms with Crippen molar-refractivity contribution in [2.24, 2.45) is 0 Å². The van der Waals surface area contributed by atoms with Gasteiger partial charge in [-0.1, -0.05) is 19.1 Å². The van der Waals surface area contributed by atoms with E-state index in [9.17, 15) is 9.59 Å². The number of benzene rings is 2. The van der Waals surface area contributed by atoms with Crippen LogP contribution in [0.3, 0.4) is 0 Å². The highest BCUT2D eigenvalue weighted by Gasteiger charge is 2.33. The van der Waals surface area contributed by atoms with Crippen LogP contribution in [-0.2, 0) is 30.2 Å². The number of methoxy groups -OCH3 is 2. The molecule has 0 radical (unpaired) electrons. The third kappa shape index (κ3) is 3.85. The molecule has 3 aromatic rings. The highest BCUT2D eigenvalue weighted by molar-refractivity contribution is 6.03. The normalized spacial score (nSPS) is 14.1. The number of aryl methyl sites for hydroxylation is 2. The standard InChI is InChI=1S/C24H24N2O6/c1-5-15-7-9-20-18(10-15)25-22(32-20)16-8-6-14(2)19(11-16)26-13-31-12-17(23(27)29-3)21(26)24(28)30-4/h6-11H,5,12-13H2,1-4H3. The van der Waals surface area contributed by atoms with Crippen LogP contribution in [0, 0.1) is 6.92 Å². The number of carbonyl (C=O) groups is 2. The van der Waals surface area contributed by atoms with Crippen LogP contribution in [0.25, 0.3) is 22.6 Å². The van der Waals surface area contributed by atoms with Crippen LogP contribution in [-0.4, -0.2) is 44.5 Å². The lowest BCUT2D eigenvalue weighted by Crippen LogP contribution is -2.39. The number of anilines is 1. The zero-order valence-electron chi connectivity index (χ0n) is 18.4. The van der Waals surface area contributed by atoms with Gasteiger partial charge in [-0.15, -0.1) is 0 Å². The molecule has 0 fully saturated rings. The number of ether oxygens (including phenoxy) is 3. The van der Waals surface area contributed by atoms with Crippen molar-refractivity contribution in [3.8, 4) is 11.5 Å². The van der Waals surface area contributed by atoms with E-state index < -0.39 is 11.9 Å². The largest absolute Gasteiger partial charge is 0.466 e. The summed E-state index contributed by atoms with van der Waals surface area (Å²) in [5.74, 6) is -0.828. The lowest BCUT2D eigenvalue weighted by molar-refractivity contribution is -0.140. The zero-order valence-corrected chi connectivity index (χ0v) is 18.4. The Morgan fingerprint density at radius 2 is 1.88 bits per heavy atom. The Bertz CT molecular complexity index is 1230. The van der Waals surface area contributed by atoms with Crippen LogP contribution < -0.4 is 4.90 Å². The molecule has 1 aliphatic rings. The van der Waals surface area contributed by atoms with E-state index in [0.717, 1.165) is 23.1 Å². The summed E-state index contributed by atoms with van der Waals surface area (Å²) in [7, 11) is 2.52. The Morgan fingerprint density at radius 3 is 2.59 bits per heavy atom. The quantitative estimate of drug-likeness (QED) is 0.559. The molecule has 2 heterocycles. The van der Waals surface area contributed by atoms with Crippen LogP contribution in [0.5, 0.6) is 0 Å². The lowest BCUT2D eigenvalue weighted by atomic mass is 10.1. The fourth-order valence-corrected chi connectivity index (χ4v) is 3.68. The number of hydrogen-bond donors (Lipinski definition) is 0. The van der Waals surface area contributed by atoms with Gasteiger partial charge in [0.05, 0.1) is 26.4 Å². The van der Waals surface area contributed by atoms with Gasteiger partial charge in [0, 0.05) is 11.3 Å². The van der Waals surface area contributed by atoms with Gasteiger partial charge in [-0.2, -0.15) is 0 Å². The van der Waals surface area contributed by atoms with Crippen molar-refractivity contribution in [1.82, 2.24) is 4.98 Å². The third-order valence-corrected chi connectivity index (χ3v) is 5.44. The predicted molar refractivity (Wildman–Crippen MR) is 118 cm³/mol. The average molecular weight is 436 g/mol. The van der Waals surface area contributed by atoms with Gasteiger partial charge in [0.25, 0.3) is 0 Å². The molecule has 166 valence electrons. The highest BCUT2D eigenvalue weighted by Crippen LogP contribution is 2.34. The molecule has 8 nitrogen and oxygen atoms in total. The summed E-state index contributed by atoms with van der Waals surface area (Å²) < 4.78 is 21.3. The second-order valence-corrected chi connectivity index (χ2v) is 7.39. The maximum Gasteiger partial charge on any atom is 0.355 e. The number of fused-ring (bicyclic) bond motifs is 1. The Morgan fingerprint density at radius 1 is 1.09 bits per heavy atom. The molecule has 0 atom stereocenters. The first-order chi connectivity index (χ1) is 15.5. The number of esters is 2. The molecule has 0 saturated carbocycles. The molecule has 0 aliphatic carbocycles. The molecule has 4 rings (SSSR count). The van der Waals surface area contributed by atoms with E-state index in [4.69, 9.17) is 18.6 Å². The van der Waals surface area contributed by atoms with E-state index >= 15 is 0 Å². The van der Waals surface area contributed by atoms with E-state index in [2.05, 4.69) is 11.9 Å².